The molecule has 0 amide bonds. The van der Waals surface area contributed by atoms with Crippen LogP contribution in [0.3, 0.4) is 0 Å². The van der Waals surface area contributed by atoms with Gasteiger partial charge in [0.1, 0.15) is 0 Å². The molecule has 0 heterocycles. The molecule has 0 aliphatic heterocycles. The van der Waals surface area contributed by atoms with Crippen LogP contribution < -0.4 is 21.3 Å². The van der Waals surface area contributed by atoms with Crippen LogP contribution in [0.1, 0.15) is 13.8 Å². The highest BCUT2D eigenvalue weighted by Gasteiger charge is 2.07. The standard InChI is InChI=1S/C11H17ClN2.C9H13ClN2O/c1-8(2)7-14(3)11-5-4-9(13)6-10(11)12;1-12(4-5-13)9-3-2-7(11)6-8(9)10/h4-6,8H,7,13H2,1-3H3;2-3,6,13H,4-5,11H2,1H3. The molecule has 0 saturated carbocycles. The van der Waals surface area contributed by atoms with Gasteiger partial charge < -0.3 is 26.4 Å². The van der Waals surface area contributed by atoms with Gasteiger partial charge in [0.25, 0.3) is 0 Å². The lowest BCUT2D eigenvalue weighted by Gasteiger charge is -2.22. The maximum absolute atomic E-state index is 8.73. The number of rotatable bonds is 6. The van der Waals surface area contributed by atoms with Gasteiger partial charge in [-0.2, -0.15) is 0 Å². The molecule has 0 saturated heterocycles. The maximum Gasteiger partial charge on any atom is 0.0659 e. The highest BCUT2D eigenvalue weighted by atomic mass is 35.5. The van der Waals surface area contributed by atoms with Gasteiger partial charge in [-0.05, 0) is 42.3 Å². The SMILES string of the molecule is CC(C)CN(C)c1ccc(N)cc1Cl.CN(CCO)c1ccc(N)cc1Cl. The number of aliphatic hydroxyl groups is 1. The van der Waals surface area contributed by atoms with E-state index in [2.05, 4.69) is 18.7 Å². The second kappa shape index (κ2) is 11.1. The molecule has 0 atom stereocenters. The minimum atomic E-state index is 0.108. The number of nitrogen functional groups attached to an aromatic ring is 2. The van der Waals surface area contributed by atoms with Crippen LogP contribution in [0.4, 0.5) is 22.7 Å². The lowest BCUT2D eigenvalue weighted by Crippen LogP contribution is -2.22. The van der Waals surface area contributed by atoms with E-state index < -0.39 is 0 Å². The van der Waals surface area contributed by atoms with Crippen LogP contribution >= 0.6 is 23.2 Å². The summed E-state index contributed by atoms with van der Waals surface area (Å²) in [6.45, 7) is 6.02. The lowest BCUT2D eigenvalue weighted by molar-refractivity contribution is 0.304. The fourth-order valence-corrected chi connectivity index (χ4v) is 3.25. The van der Waals surface area contributed by atoms with E-state index in [4.69, 9.17) is 39.8 Å². The summed E-state index contributed by atoms with van der Waals surface area (Å²) in [5, 5.41) is 10.1. The highest BCUT2D eigenvalue weighted by Crippen LogP contribution is 2.27. The molecule has 0 aliphatic rings. The average Bonchev–Trinajstić information content (AvgIpc) is 2.54. The molecule has 0 aromatic heterocycles. The molecule has 0 radical (unpaired) electrons. The molecule has 5 nitrogen and oxygen atoms in total. The monoisotopic (exact) mass is 412 g/mol. The first-order valence-corrected chi connectivity index (χ1v) is 9.54. The fourth-order valence-electron chi connectivity index (χ4n) is 2.58. The van der Waals surface area contributed by atoms with Gasteiger partial charge in [-0.15, -0.1) is 0 Å². The number of aliphatic hydroxyl groups excluding tert-OH is 1. The van der Waals surface area contributed by atoms with Crippen molar-refractivity contribution in [2.24, 2.45) is 5.92 Å². The first-order valence-electron chi connectivity index (χ1n) is 8.78. The summed E-state index contributed by atoms with van der Waals surface area (Å²) in [6.07, 6.45) is 0. The summed E-state index contributed by atoms with van der Waals surface area (Å²) in [6, 6.07) is 10.9. The molecule has 0 spiro atoms. The fraction of sp³-hybridized carbons (Fsp3) is 0.400. The molecule has 7 heteroatoms. The van der Waals surface area contributed by atoms with E-state index in [-0.39, 0.29) is 6.61 Å². The Kier molecular flexibility index (Phi) is 9.56. The van der Waals surface area contributed by atoms with Crippen molar-refractivity contribution in [2.75, 3.05) is 55.1 Å². The van der Waals surface area contributed by atoms with Crippen molar-refractivity contribution in [1.82, 2.24) is 0 Å². The lowest BCUT2D eigenvalue weighted by atomic mass is 10.2. The van der Waals surface area contributed by atoms with Crippen molar-refractivity contribution < 1.29 is 5.11 Å². The number of anilines is 4. The molecule has 27 heavy (non-hydrogen) atoms. The normalized spacial score (nSPS) is 10.4. The molecule has 0 aliphatic carbocycles. The molecule has 0 fully saturated rings. The van der Waals surface area contributed by atoms with Gasteiger partial charge in [-0.25, -0.2) is 0 Å². The summed E-state index contributed by atoms with van der Waals surface area (Å²) < 4.78 is 0. The first-order chi connectivity index (χ1) is 12.6. The minimum Gasteiger partial charge on any atom is -0.399 e. The highest BCUT2D eigenvalue weighted by molar-refractivity contribution is 6.33. The number of nitrogens with zero attached hydrogens (tertiary/aromatic N) is 2. The van der Waals surface area contributed by atoms with Crippen LogP contribution in [0.15, 0.2) is 36.4 Å². The van der Waals surface area contributed by atoms with Crippen LogP contribution in [-0.2, 0) is 0 Å². The second-order valence-electron chi connectivity index (χ2n) is 6.84. The Morgan fingerprint density at radius 2 is 1.33 bits per heavy atom. The van der Waals surface area contributed by atoms with E-state index >= 15 is 0 Å². The zero-order valence-electron chi connectivity index (χ0n) is 16.4. The summed E-state index contributed by atoms with van der Waals surface area (Å²) in [5.41, 5.74) is 14.4. The van der Waals surface area contributed by atoms with E-state index in [1.807, 2.05) is 37.2 Å². The zero-order chi connectivity index (χ0) is 20.6. The van der Waals surface area contributed by atoms with E-state index in [9.17, 15) is 0 Å². The number of benzene rings is 2. The Morgan fingerprint density at radius 3 is 1.70 bits per heavy atom. The minimum absolute atomic E-state index is 0.108. The van der Waals surface area contributed by atoms with Gasteiger partial charge in [-0.1, -0.05) is 37.0 Å². The molecule has 150 valence electrons. The van der Waals surface area contributed by atoms with Crippen LogP contribution in [0.25, 0.3) is 0 Å². The molecule has 0 bridgehead atoms. The number of hydrogen-bond donors (Lipinski definition) is 3. The summed E-state index contributed by atoms with van der Waals surface area (Å²) >= 11 is 12.0. The van der Waals surface area contributed by atoms with Crippen molar-refractivity contribution in [3.8, 4) is 0 Å². The van der Waals surface area contributed by atoms with E-state index in [1.54, 1.807) is 18.2 Å². The summed E-state index contributed by atoms with van der Waals surface area (Å²) in [4.78, 5) is 4.02. The van der Waals surface area contributed by atoms with Crippen molar-refractivity contribution in [1.29, 1.82) is 0 Å². The maximum atomic E-state index is 8.73. The average molecular weight is 413 g/mol. The van der Waals surface area contributed by atoms with Gasteiger partial charge in [0.15, 0.2) is 0 Å². The zero-order valence-corrected chi connectivity index (χ0v) is 17.9. The van der Waals surface area contributed by atoms with E-state index in [0.717, 1.165) is 17.9 Å². The van der Waals surface area contributed by atoms with Crippen LogP contribution in [0.5, 0.6) is 0 Å². The van der Waals surface area contributed by atoms with Crippen LogP contribution in [0.2, 0.25) is 10.0 Å². The van der Waals surface area contributed by atoms with Gasteiger partial charge in [0.05, 0.1) is 28.0 Å². The molecular formula is C20H30Cl2N4O. The van der Waals surface area contributed by atoms with Crippen molar-refractivity contribution in [3.63, 3.8) is 0 Å². The predicted octanol–water partition coefficient (Wildman–Crippen LogP) is 4.37. The molecular weight excluding hydrogens is 383 g/mol. The van der Waals surface area contributed by atoms with Crippen molar-refractivity contribution >= 4 is 46.0 Å². The molecule has 5 N–H and O–H groups in total. The van der Waals surface area contributed by atoms with E-state index in [1.165, 1.54) is 0 Å². The number of halogens is 2. The van der Waals surface area contributed by atoms with Crippen LogP contribution in [-0.4, -0.2) is 38.9 Å². The second-order valence-corrected chi connectivity index (χ2v) is 7.66. The largest absolute Gasteiger partial charge is 0.399 e. The number of hydrogen-bond acceptors (Lipinski definition) is 5. The third kappa shape index (κ3) is 7.75. The van der Waals surface area contributed by atoms with Gasteiger partial charge in [0.2, 0.25) is 0 Å². The van der Waals surface area contributed by atoms with Crippen LogP contribution in [0, 0.1) is 5.92 Å². The Hall–Kier alpha value is -1.82. The third-order valence-electron chi connectivity index (χ3n) is 3.84. The summed E-state index contributed by atoms with van der Waals surface area (Å²) in [5.74, 6) is 0.619. The third-order valence-corrected chi connectivity index (χ3v) is 4.45. The quantitative estimate of drug-likeness (QED) is 0.613. The van der Waals surface area contributed by atoms with Crippen molar-refractivity contribution in [3.05, 3.63) is 46.4 Å². The first kappa shape index (κ1) is 23.2. The molecule has 2 aromatic rings. The molecule has 0 unspecified atom stereocenters. The topological polar surface area (TPSA) is 78.8 Å². The molecule has 2 aromatic carbocycles. The van der Waals surface area contributed by atoms with Crippen molar-refractivity contribution in [2.45, 2.75) is 13.8 Å². The predicted molar refractivity (Wildman–Crippen MR) is 120 cm³/mol. The Bertz CT molecular complexity index is 725. The van der Waals surface area contributed by atoms with E-state index in [0.29, 0.717) is 33.9 Å². The van der Waals surface area contributed by atoms with Gasteiger partial charge >= 0.3 is 0 Å². The smallest absolute Gasteiger partial charge is 0.0659 e. The number of likely N-dealkylation sites (N-methyl/N-ethyl adjacent to an activating group) is 1. The Morgan fingerprint density at radius 1 is 0.889 bits per heavy atom. The summed E-state index contributed by atoms with van der Waals surface area (Å²) in [7, 11) is 3.91. The number of nitrogens with two attached hydrogens (primary N) is 2. The Labute approximate surface area is 172 Å². The molecule has 2 rings (SSSR count). The van der Waals surface area contributed by atoms with Gasteiger partial charge in [-0.3, -0.25) is 0 Å². The Balaban J connectivity index is 0.000000271. The van der Waals surface area contributed by atoms with Gasteiger partial charge in [0, 0.05) is 38.6 Å².